The Bertz CT molecular complexity index is 1050. The summed E-state index contributed by atoms with van der Waals surface area (Å²) < 4.78 is 15.6. The molecule has 1 unspecified atom stereocenters. The van der Waals surface area contributed by atoms with Crippen LogP contribution in [0.1, 0.15) is 18.1 Å². The van der Waals surface area contributed by atoms with Crippen molar-refractivity contribution in [3.8, 4) is 17.6 Å². The van der Waals surface area contributed by atoms with Crippen LogP contribution in [0, 0.1) is 11.3 Å². The summed E-state index contributed by atoms with van der Waals surface area (Å²) >= 11 is 0. The summed E-state index contributed by atoms with van der Waals surface area (Å²) in [5, 5.41) is 9.33. The van der Waals surface area contributed by atoms with Gasteiger partial charge in [-0.15, -0.1) is 0 Å². The molecule has 2 heterocycles. The van der Waals surface area contributed by atoms with E-state index in [2.05, 4.69) is 0 Å². The number of benzene rings is 2. The van der Waals surface area contributed by atoms with Gasteiger partial charge < -0.3 is 19.1 Å². The zero-order valence-corrected chi connectivity index (χ0v) is 15.8. The monoisotopic (exact) mass is 390 g/mol. The van der Waals surface area contributed by atoms with E-state index in [9.17, 15) is 14.9 Å². The van der Waals surface area contributed by atoms with E-state index in [1.165, 1.54) is 6.08 Å². The maximum atomic E-state index is 12.6. The molecule has 0 N–H and O–H groups in total. The fourth-order valence-electron chi connectivity index (χ4n) is 3.53. The van der Waals surface area contributed by atoms with Gasteiger partial charge in [-0.3, -0.25) is 4.79 Å². The van der Waals surface area contributed by atoms with Crippen LogP contribution in [0.2, 0.25) is 0 Å². The molecule has 2 aliphatic rings. The van der Waals surface area contributed by atoms with Gasteiger partial charge in [-0.05, 0) is 48.7 Å². The number of amides is 1. The normalized spacial score (nSPS) is 16.9. The summed E-state index contributed by atoms with van der Waals surface area (Å²) in [6, 6.07) is 14.5. The smallest absolute Gasteiger partial charge is 0.349 e. The number of fused-ring (bicyclic) bond motifs is 2. The molecular formula is C22H18N2O5. The molecule has 7 heteroatoms. The van der Waals surface area contributed by atoms with Crippen LogP contribution in [-0.4, -0.2) is 31.3 Å². The van der Waals surface area contributed by atoms with Crippen molar-refractivity contribution in [3.05, 3.63) is 59.2 Å². The lowest BCUT2D eigenvalue weighted by Gasteiger charge is -2.22. The molecule has 0 fully saturated rings. The SMILES string of the molecule is CC1Cc2ccccc2N1C(=O)COC(=O)/C(C#N)=C/c1ccc2c(c1)OCO2. The number of esters is 1. The summed E-state index contributed by atoms with van der Waals surface area (Å²) in [6.45, 7) is 1.65. The lowest BCUT2D eigenvalue weighted by atomic mass is 10.1. The highest BCUT2D eigenvalue weighted by molar-refractivity contribution is 6.01. The zero-order chi connectivity index (χ0) is 20.4. The second-order valence-electron chi connectivity index (χ2n) is 6.80. The first-order valence-corrected chi connectivity index (χ1v) is 9.15. The van der Waals surface area contributed by atoms with Gasteiger partial charge in [0.25, 0.3) is 5.91 Å². The van der Waals surface area contributed by atoms with Gasteiger partial charge in [0.2, 0.25) is 6.79 Å². The highest BCUT2D eigenvalue weighted by Gasteiger charge is 2.31. The molecule has 4 rings (SSSR count). The first kappa shape index (κ1) is 18.6. The fourth-order valence-corrected chi connectivity index (χ4v) is 3.53. The van der Waals surface area contributed by atoms with Crippen LogP contribution in [0.15, 0.2) is 48.0 Å². The Morgan fingerprint density at radius 2 is 2.03 bits per heavy atom. The largest absolute Gasteiger partial charge is 0.454 e. The molecule has 0 spiro atoms. The average Bonchev–Trinajstić information content (AvgIpc) is 3.32. The standard InChI is InChI=1S/C22H18N2O5/c1-14-8-16-4-2-3-5-18(16)24(14)21(25)12-27-22(26)17(11-23)9-15-6-7-19-20(10-15)29-13-28-19/h2-7,9-10,14H,8,12-13H2,1H3/b17-9+. The lowest BCUT2D eigenvalue weighted by Crippen LogP contribution is -2.38. The number of carbonyl (C=O) groups is 2. The summed E-state index contributed by atoms with van der Waals surface area (Å²) in [7, 11) is 0. The first-order chi connectivity index (χ1) is 14.1. The molecule has 0 aliphatic carbocycles. The van der Waals surface area contributed by atoms with Crippen molar-refractivity contribution in [1.29, 1.82) is 5.26 Å². The van der Waals surface area contributed by atoms with E-state index in [4.69, 9.17) is 14.2 Å². The second kappa shape index (κ2) is 7.68. The third kappa shape index (κ3) is 3.65. The van der Waals surface area contributed by atoms with Crippen LogP contribution in [0.3, 0.4) is 0 Å². The van der Waals surface area contributed by atoms with Crippen LogP contribution >= 0.6 is 0 Å². The first-order valence-electron chi connectivity index (χ1n) is 9.15. The lowest BCUT2D eigenvalue weighted by molar-refractivity contribution is -0.143. The molecule has 2 aromatic rings. The molecule has 0 radical (unpaired) electrons. The summed E-state index contributed by atoms with van der Waals surface area (Å²) in [4.78, 5) is 26.6. The molecule has 2 aliphatic heterocycles. The van der Waals surface area contributed by atoms with E-state index < -0.39 is 12.6 Å². The van der Waals surface area contributed by atoms with Crippen LogP contribution in [0.4, 0.5) is 5.69 Å². The van der Waals surface area contributed by atoms with E-state index in [1.54, 1.807) is 23.1 Å². The van der Waals surface area contributed by atoms with Gasteiger partial charge in [0.1, 0.15) is 11.6 Å². The predicted octanol–water partition coefficient (Wildman–Crippen LogP) is 2.84. The molecular weight excluding hydrogens is 372 g/mol. The zero-order valence-electron chi connectivity index (χ0n) is 15.8. The molecule has 7 nitrogen and oxygen atoms in total. The van der Waals surface area contributed by atoms with Crippen LogP contribution in [-0.2, 0) is 20.7 Å². The molecule has 0 saturated carbocycles. The van der Waals surface area contributed by atoms with E-state index in [0.717, 1.165) is 17.7 Å². The summed E-state index contributed by atoms with van der Waals surface area (Å²) in [5.41, 5.74) is 2.31. The van der Waals surface area contributed by atoms with Gasteiger partial charge in [0, 0.05) is 11.7 Å². The fraction of sp³-hybridized carbons (Fsp3) is 0.227. The number of nitriles is 1. The van der Waals surface area contributed by atoms with Crippen LogP contribution in [0.25, 0.3) is 6.08 Å². The molecule has 1 amide bonds. The maximum Gasteiger partial charge on any atom is 0.349 e. The minimum atomic E-state index is -0.848. The van der Waals surface area contributed by atoms with Crippen molar-refractivity contribution in [2.75, 3.05) is 18.3 Å². The Hall–Kier alpha value is -3.79. The molecule has 1 atom stereocenters. The van der Waals surface area contributed by atoms with Crippen molar-refractivity contribution in [1.82, 2.24) is 0 Å². The van der Waals surface area contributed by atoms with Gasteiger partial charge in [-0.1, -0.05) is 24.3 Å². The summed E-state index contributed by atoms with van der Waals surface area (Å²) in [5.74, 6) is -0.0232. The number of hydrogen-bond acceptors (Lipinski definition) is 6. The average molecular weight is 390 g/mol. The number of rotatable bonds is 4. The highest BCUT2D eigenvalue weighted by Crippen LogP contribution is 2.33. The topological polar surface area (TPSA) is 88.9 Å². The van der Waals surface area contributed by atoms with Gasteiger partial charge in [-0.2, -0.15) is 5.26 Å². The Morgan fingerprint density at radius 3 is 2.86 bits per heavy atom. The Kier molecular flexibility index (Phi) is 4.92. The van der Waals surface area contributed by atoms with Gasteiger partial charge in [-0.25, -0.2) is 4.79 Å². The molecule has 146 valence electrons. The van der Waals surface area contributed by atoms with Crippen molar-refractivity contribution < 1.29 is 23.8 Å². The second-order valence-corrected chi connectivity index (χ2v) is 6.80. The number of nitrogens with zero attached hydrogens (tertiary/aromatic N) is 2. The number of hydrogen-bond donors (Lipinski definition) is 0. The van der Waals surface area contributed by atoms with Gasteiger partial charge >= 0.3 is 5.97 Å². The quantitative estimate of drug-likeness (QED) is 0.453. The van der Waals surface area contributed by atoms with E-state index in [1.807, 2.05) is 37.3 Å². The maximum absolute atomic E-state index is 12.6. The molecule has 0 bridgehead atoms. The van der Waals surface area contributed by atoms with E-state index >= 15 is 0 Å². The number of ether oxygens (including phenoxy) is 3. The molecule has 0 saturated heterocycles. The molecule has 0 aromatic heterocycles. The van der Waals surface area contributed by atoms with Crippen molar-refractivity contribution in [2.45, 2.75) is 19.4 Å². The summed E-state index contributed by atoms with van der Waals surface area (Å²) in [6.07, 6.45) is 2.14. The Balaban J connectivity index is 1.43. The molecule has 2 aromatic carbocycles. The predicted molar refractivity (Wildman–Crippen MR) is 104 cm³/mol. The van der Waals surface area contributed by atoms with Crippen molar-refractivity contribution in [3.63, 3.8) is 0 Å². The minimum Gasteiger partial charge on any atom is -0.454 e. The third-order valence-electron chi connectivity index (χ3n) is 4.85. The molecule has 29 heavy (non-hydrogen) atoms. The highest BCUT2D eigenvalue weighted by atomic mass is 16.7. The Morgan fingerprint density at radius 1 is 1.24 bits per heavy atom. The van der Waals surface area contributed by atoms with E-state index in [-0.39, 0.29) is 24.3 Å². The van der Waals surface area contributed by atoms with Crippen LogP contribution < -0.4 is 14.4 Å². The third-order valence-corrected chi connectivity index (χ3v) is 4.85. The van der Waals surface area contributed by atoms with Gasteiger partial charge in [0.05, 0.1) is 0 Å². The minimum absolute atomic E-state index is 0.0155. The van der Waals surface area contributed by atoms with Crippen LogP contribution in [0.5, 0.6) is 11.5 Å². The van der Waals surface area contributed by atoms with Crippen molar-refractivity contribution in [2.24, 2.45) is 0 Å². The van der Waals surface area contributed by atoms with E-state index in [0.29, 0.717) is 17.1 Å². The number of anilines is 1. The van der Waals surface area contributed by atoms with Gasteiger partial charge in [0.15, 0.2) is 18.1 Å². The van der Waals surface area contributed by atoms with Crippen molar-refractivity contribution >= 4 is 23.6 Å². The number of para-hydroxylation sites is 1. The Labute approximate surface area is 167 Å². The number of carbonyl (C=O) groups excluding carboxylic acids is 2.